The summed E-state index contributed by atoms with van der Waals surface area (Å²) in [7, 11) is 0. The van der Waals surface area contributed by atoms with Crippen molar-refractivity contribution in [1.82, 2.24) is 10.6 Å². The van der Waals surface area contributed by atoms with Crippen molar-refractivity contribution >= 4 is 21.8 Å². The van der Waals surface area contributed by atoms with Crippen LogP contribution in [0.5, 0.6) is 0 Å². The lowest BCUT2D eigenvalue weighted by Gasteiger charge is -2.14. The number of hydrogen-bond acceptors (Lipinski definition) is 2. The largest absolute Gasteiger partial charge is 0.354 e. The Kier molecular flexibility index (Phi) is 6.83. The summed E-state index contributed by atoms with van der Waals surface area (Å²) >= 11 is 3.23. The van der Waals surface area contributed by atoms with E-state index in [0.29, 0.717) is 12.5 Å². The van der Waals surface area contributed by atoms with E-state index in [1.807, 2.05) is 6.92 Å². The quantitative estimate of drug-likeness (QED) is 0.765. The Morgan fingerprint density at radius 2 is 2.00 bits per heavy atom. The molecule has 0 saturated heterocycles. The third-order valence-corrected chi connectivity index (χ3v) is 1.96. The van der Waals surface area contributed by atoms with Gasteiger partial charge in [0.1, 0.15) is 0 Å². The first kappa shape index (κ1) is 13.7. The number of carbonyl (C=O) groups is 1. The molecule has 14 heavy (non-hydrogen) atoms. The molecular formula is C10H19BrN2O. The van der Waals surface area contributed by atoms with E-state index >= 15 is 0 Å². The van der Waals surface area contributed by atoms with Crippen molar-refractivity contribution in [2.75, 3.05) is 13.1 Å². The number of hydrogen-bond donors (Lipinski definition) is 2. The summed E-state index contributed by atoms with van der Waals surface area (Å²) in [6.07, 6.45) is 0. The average Bonchev–Trinajstić information content (AvgIpc) is 2.09. The van der Waals surface area contributed by atoms with Crippen molar-refractivity contribution in [1.29, 1.82) is 0 Å². The van der Waals surface area contributed by atoms with Crippen molar-refractivity contribution in [3.8, 4) is 0 Å². The highest BCUT2D eigenvalue weighted by molar-refractivity contribution is 9.11. The first-order chi connectivity index (χ1) is 6.43. The van der Waals surface area contributed by atoms with E-state index in [2.05, 4.69) is 47.0 Å². The Morgan fingerprint density at radius 3 is 2.43 bits per heavy atom. The maximum absolute atomic E-state index is 11.4. The van der Waals surface area contributed by atoms with Gasteiger partial charge in [0.15, 0.2) is 0 Å². The van der Waals surface area contributed by atoms with Crippen LogP contribution in [0, 0.1) is 5.92 Å². The summed E-state index contributed by atoms with van der Waals surface area (Å²) < 4.78 is 0.848. The fourth-order valence-corrected chi connectivity index (χ4v) is 0.976. The predicted molar refractivity (Wildman–Crippen MR) is 63.4 cm³/mol. The average molecular weight is 263 g/mol. The molecule has 1 atom stereocenters. The summed E-state index contributed by atoms with van der Waals surface area (Å²) in [4.78, 5) is 11.4. The van der Waals surface area contributed by atoms with Gasteiger partial charge in [0.05, 0.1) is 6.04 Å². The van der Waals surface area contributed by atoms with Crippen molar-refractivity contribution in [3.05, 3.63) is 11.1 Å². The van der Waals surface area contributed by atoms with Crippen LogP contribution < -0.4 is 10.6 Å². The molecule has 0 aliphatic rings. The predicted octanol–water partition coefficient (Wildman–Crippen LogP) is 1.65. The van der Waals surface area contributed by atoms with Crippen LogP contribution >= 0.6 is 15.9 Å². The molecule has 2 N–H and O–H groups in total. The highest BCUT2D eigenvalue weighted by atomic mass is 79.9. The van der Waals surface area contributed by atoms with Gasteiger partial charge in [0.2, 0.25) is 5.91 Å². The molecule has 0 spiro atoms. The topological polar surface area (TPSA) is 41.1 Å². The van der Waals surface area contributed by atoms with Gasteiger partial charge in [-0.15, -0.1) is 0 Å². The number of nitrogens with one attached hydrogen (secondary N) is 2. The summed E-state index contributed by atoms with van der Waals surface area (Å²) in [6.45, 7) is 11.0. The molecule has 0 bridgehead atoms. The van der Waals surface area contributed by atoms with Crippen molar-refractivity contribution < 1.29 is 4.79 Å². The molecule has 0 aromatic carbocycles. The van der Waals surface area contributed by atoms with Crippen LogP contribution in [0.2, 0.25) is 0 Å². The lowest BCUT2D eigenvalue weighted by Crippen LogP contribution is -2.43. The van der Waals surface area contributed by atoms with Crippen LogP contribution in [0.4, 0.5) is 0 Å². The highest BCUT2D eigenvalue weighted by Gasteiger charge is 2.11. The zero-order valence-electron chi connectivity index (χ0n) is 9.06. The Labute approximate surface area is 94.5 Å². The van der Waals surface area contributed by atoms with Crippen molar-refractivity contribution in [3.63, 3.8) is 0 Å². The first-order valence-corrected chi connectivity index (χ1v) is 5.57. The molecule has 0 rings (SSSR count). The molecule has 0 fully saturated rings. The summed E-state index contributed by atoms with van der Waals surface area (Å²) in [5, 5.41) is 5.91. The molecule has 1 amide bonds. The van der Waals surface area contributed by atoms with E-state index < -0.39 is 0 Å². The zero-order chi connectivity index (χ0) is 11.1. The van der Waals surface area contributed by atoms with Gasteiger partial charge in [0.25, 0.3) is 0 Å². The number of carbonyl (C=O) groups excluding carboxylic acids is 1. The van der Waals surface area contributed by atoms with Crippen molar-refractivity contribution in [2.45, 2.75) is 26.8 Å². The van der Waals surface area contributed by atoms with Crippen LogP contribution in [0.15, 0.2) is 11.1 Å². The molecule has 0 radical (unpaired) electrons. The fourth-order valence-electron chi connectivity index (χ4n) is 0.814. The lowest BCUT2D eigenvalue weighted by atomic mass is 10.2. The van der Waals surface area contributed by atoms with Crippen LogP contribution in [0.25, 0.3) is 0 Å². The highest BCUT2D eigenvalue weighted by Crippen LogP contribution is 1.97. The minimum atomic E-state index is -0.178. The van der Waals surface area contributed by atoms with Gasteiger partial charge in [-0.2, -0.15) is 0 Å². The molecule has 0 heterocycles. The molecule has 0 saturated carbocycles. The molecule has 3 nitrogen and oxygen atoms in total. The van der Waals surface area contributed by atoms with Crippen LogP contribution in [-0.4, -0.2) is 25.0 Å². The normalized spacial score (nSPS) is 12.6. The Bertz CT molecular complexity index is 204. The molecule has 0 aromatic rings. The van der Waals surface area contributed by atoms with Gasteiger partial charge >= 0.3 is 0 Å². The Morgan fingerprint density at radius 1 is 1.43 bits per heavy atom. The molecule has 0 aliphatic carbocycles. The first-order valence-electron chi connectivity index (χ1n) is 4.77. The maximum atomic E-state index is 11.4. The molecule has 0 aromatic heterocycles. The fraction of sp³-hybridized carbons (Fsp3) is 0.700. The van der Waals surface area contributed by atoms with E-state index in [-0.39, 0.29) is 11.9 Å². The molecule has 0 aliphatic heterocycles. The minimum Gasteiger partial charge on any atom is -0.354 e. The number of rotatable bonds is 6. The van der Waals surface area contributed by atoms with E-state index in [4.69, 9.17) is 0 Å². The maximum Gasteiger partial charge on any atom is 0.236 e. The van der Waals surface area contributed by atoms with Crippen LogP contribution in [0.1, 0.15) is 20.8 Å². The second-order valence-electron chi connectivity index (χ2n) is 3.76. The third-order valence-electron chi connectivity index (χ3n) is 1.68. The Balaban J connectivity index is 3.70. The van der Waals surface area contributed by atoms with E-state index in [0.717, 1.165) is 11.0 Å². The number of amides is 1. The molecule has 82 valence electrons. The monoisotopic (exact) mass is 262 g/mol. The summed E-state index contributed by atoms with van der Waals surface area (Å²) in [5.41, 5.74) is 0. The van der Waals surface area contributed by atoms with Gasteiger partial charge in [-0.3, -0.25) is 4.79 Å². The third kappa shape index (κ3) is 7.09. The summed E-state index contributed by atoms with van der Waals surface area (Å²) in [5.74, 6) is 0.518. The zero-order valence-corrected chi connectivity index (χ0v) is 10.6. The summed E-state index contributed by atoms with van der Waals surface area (Å²) in [6, 6.07) is -0.178. The lowest BCUT2D eigenvalue weighted by molar-refractivity contribution is -0.122. The van der Waals surface area contributed by atoms with E-state index in [1.165, 1.54) is 0 Å². The van der Waals surface area contributed by atoms with Crippen LogP contribution in [-0.2, 0) is 4.79 Å². The number of halogens is 1. The van der Waals surface area contributed by atoms with Crippen LogP contribution in [0.3, 0.4) is 0 Å². The van der Waals surface area contributed by atoms with Crippen molar-refractivity contribution in [2.24, 2.45) is 5.92 Å². The Hall–Kier alpha value is -0.350. The van der Waals surface area contributed by atoms with Gasteiger partial charge in [-0.25, -0.2) is 0 Å². The minimum absolute atomic E-state index is 0.0347. The van der Waals surface area contributed by atoms with Gasteiger partial charge in [0, 0.05) is 17.6 Å². The second-order valence-corrected chi connectivity index (χ2v) is 4.88. The standard InChI is InChI=1S/C10H19BrN2O/c1-7(2)5-13-10(14)9(4)12-6-8(3)11/h7,9,12H,3,5-6H2,1-2,4H3,(H,13,14). The van der Waals surface area contributed by atoms with E-state index in [9.17, 15) is 4.79 Å². The van der Waals surface area contributed by atoms with Gasteiger partial charge < -0.3 is 10.6 Å². The van der Waals surface area contributed by atoms with E-state index in [1.54, 1.807) is 0 Å². The van der Waals surface area contributed by atoms with Gasteiger partial charge in [-0.1, -0.05) is 36.4 Å². The molecule has 1 unspecified atom stereocenters. The molecular weight excluding hydrogens is 244 g/mol. The SMILES string of the molecule is C=C(Br)CNC(C)C(=O)NCC(C)C. The smallest absolute Gasteiger partial charge is 0.236 e. The molecule has 4 heteroatoms. The second kappa shape index (κ2) is 7.01. The van der Waals surface area contributed by atoms with Gasteiger partial charge in [-0.05, 0) is 12.8 Å².